The minimum atomic E-state index is 0.0417. The number of rotatable bonds is 7. The highest BCUT2D eigenvalue weighted by atomic mass is 16.5. The Balaban J connectivity index is 1.46. The average molecular weight is 304 g/mol. The highest BCUT2D eigenvalue weighted by Crippen LogP contribution is 2.30. The van der Waals surface area contributed by atoms with Crippen LogP contribution < -0.4 is 15.4 Å². The summed E-state index contributed by atoms with van der Waals surface area (Å²) in [5.41, 5.74) is 1.03. The van der Waals surface area contributed by atoms with Crippen LogP contribution in [0.2, 0.25) is 0 Å². The Kier molecular flexibility index (Phi) is 5.29. The molecule has 1 aliphatic heterocycles. The summed E-state index contributed by atoms with van der Waals surface area (Å²) in [5.74, 6) is 1.65. The predicted molar refractivity (Wildman–Crippen MR) is 83.7 cm³/mol. The molecule has 1 saturated heterocycles. The summed E-state index contributed by atoms with van der Waals surface area (Å²) in [6, 6.07) is 8.04. The topological polar surface area (TPSA) is 59.6 Å². The van der Waals surface area contributed by atoms with E-state index in [9.17, 15) is 4.79 Å². The third-order valence-corrected chi connectivity index (χ3v) is 4.05. The van der Waals surface area contributed by atoms with Crippen LogP contribution in [-0.2, 0) is 16.1 Å². The summed E-state index contributed by atoms with van der Waals surface area (Å²) in [7, 11) is 0. The smallest absolute Gasteiger partial charge is 0.221 e. The molecule has 5 heteroatoms. The Labute approximate surface area is 131 Å². The van der Waals surface area contributed by atoms with Gasteiger partial charge in [0.15, 0.2) is 0 Å². The third-order valence-electron chi connectivity index (χ3n) is 4.05. The molecule has 2 aliphatic rings. The van der Waals surface area contributed by atoms with Gasteiger partial charge in [0, 0.05) is 31.1 Å². The lowest BCUT2D eigenvalue weighted by Crippen LogP contribution is -2.44. The largest absolute Gasteiger partial charge is 0.493 e. The van der Waals surface area contributed by atoms with Gasteiger partial charge in [-0.3, -0.25) is 4.79 Å². The van der Waals surface area contributed by atoms with Crippen molar-refractivity contribution in [3.05, 3.63) is 29.8 Å². The molecule has 0 bridgehead atoms. The molecule has 5 nitrogen and oxygen atoms in total. The van der Waals surface area contributed by atoms with Crippen LogP contribution in [0.5, 0.6) is 5.75 Å². The molecule has 1 unspecified atom stereocenters. The Morgan fingerprint density at radius 2 is 2.23 bits per heavy atom. The van der Waals surface area contributed by atoms with Crippen molar-refractivity contribution in [2.24, 2.45) is 5.92 Å². The van der Waals surface area contributed by atoms with Gasteiger partial charge in [0.05, 0.1) is 19.8 Å². The lowest BCUT2D eigenvalue weighted by Gasteiger charge is -2.23. The zero-order chi connectivity index (χ0) is 15.2. The second-order valence-corrected chi connectivity index (χ2v) is 6.07. The van der Waals surface area contributed by atoms with Crippen LogP contribution in [0, 0.1) is 5.92 Å². The summed E-state index contributed by atoms with van der Waals surface area (Å²) in [4.78, 5) is 12.0. The van der Waals surface area contributed by atoms with Crippen LogP contribution >= 0.6 is 0 Å². The molecule has 1 aliphatic carbocycles. The van der Waals surface area contributed by atoms with E-state index in [4.69, 9.17) is 9.47 Å². The lowest BCUT2D eigenvalue weighted by molar-refractivity contribution is -0.122. The van der Waals surface area contributed by atoms with E-state index in [2.05, 4.69) is 10.6 Å². The zero-order valence-electron chi connectivity index (χ0n) is 12.8. The van der Waals surface area contributed by atoms with Crippen molar-refractivity contribution in [2.75, 3.05) is 26.4 Å². The standard InChI is InChI=1S/C17H24N2O3/c20-17(9-15-12-21-8-7-18-15)19-10-14-3-1-2-4-16(14)22-11-13-5-6-13/h1-4,13,15,18H,5-12H2,(H,19,20). The molecule has 1 atom stereocenters. The molecule has 1 heterocycles. The minimum Gasteiger partial charge on any atom is -0.493 e. The molecule has 0 radical (unpaired) electrons. The Morgan fingerprint density at radius 3 is 3.00 bits per heavy atom. The van der Waals surface area contributed by atoms with Gasteiger partial charge in [-0.15, -0.1) is 0 Å². The van der Waals surface area contributed by atoms with E-state index in [0.717, 1.165) is 37.0 Å². The van der Waals surface area contributed by atoms with Crippen molar-refractivity contribution < 1.29 is 14.3 Å². The van der Waals surface area contributed by atoms with Crippen molar-refractivity contribution in [3.8, 4) is 5.75 Å². The predicted octanol–water partition coefficient (Wildman–Crippen LogP) is 1.47. The molecule has 3 rings (SSSR count). The molecular weight excluding hydrogens is 280 g/mol. The third kappa shape index (κ3) is 4.71. The van der Waals surface area contributed by atoms with Gasteiger partial charge in [-0.25, -0.2) is 0 Å². The van der Waals surface area contributed by atoms with Crippen molar-refractivity contribution >= 4 is 5.91 Å². The summed E-state index contributed by atoms with van der Waals surface area (Å²) in [6.07, 6.45) is 3.00. The lowest BCUT2D eigenvalue weighted by atomic mass is 10.1. The van der Waals surface area contributed by atoms with Gasteiger partial charge in [0.25, 0.3) is 0 Å². The van der Waals surface area contributed by atoms with Crippen LogP contribution in [0.4, 0.5) is 0 Å². The van der Waals surface area contributed by atoms with Crippen LogP contribution in [-0.4, -0.2) is 38.3 Å². The SMILES string of the molecule is O=C(CC1COCCN1)NCc1ccccc1OCC1CC1. The van der Waals surface area contributed by atoms with E-state index in [1.807, 2.05) is 24.3 Å². The number of amides is 1. The maximum absolute atomic E-state index is 12.0. The van der Waals surface area contributed by atoms with E-state index >= 15 is 0 Å². The molecule has 2 N–H and O–H groups in total. The summed E-state index contributed by atoms with van der Waals surface area (Å²) in [5, 5.41) is 6.26. The van der Waals surface area contributed by atoms with Gasteiger partial charge in [-0.05, 0) is 24.8 Å². The second kappa shape index (κ2) is 7.61. The first-order valence-electron chi connectivity index (χ1n) is 8.10. The zero-order valence-corrected chi connectivity index (χ0v) is 12.8. The van der Waals surface area contributed by atoms with E-state index in [1.54, 1.807) is 0 Å². The monoisotopic (exact) mass is 304 g/mol. The minimum absolute atomic E-state index is 0.0417. The fourth-order valence-electron chi connectivity index (χ4n) is 2.52. The molecule has 1 aromatic carbocycles. The second-order valence-electron chi connectivity index (χ2n) is 6.07. The summed E-state index contributed by atoms with van der Waals surface area (Å²) < 4.78 is 11.2. The molecule has 1 aromatic rings. The van der Waals surface area contributed by atoms with Crippen molar-refractivity contribution in [1.29, 1.82) is 0 Å². The number of ether oxygens (including phenoxy) is 2. The van der Waals surface area contributed by atoms with Crippen molar-refractivity contribution in [2.45, 2.75) is 31.8 Å². The van der Waals surface area contributed by atoms with Crippen molar-refractivity contribution in [1.82, 2.24) is 10.6 Å². The quantitative estimate of drug-likeness (QED) is 0.801. The van der Waals surface area contributed by atoms with Crippen LogP contribution in [0.1, 0.15) is 24.8 Å². The molecular formula is C17H24N2O3. The van der Waals surface area contributed by atoms with Gasteiger partial charge < -0.3 is 20.1 Å². The first kappa shape index (κ1) is 15.3. The fourth-order valence-corrected chi connectivity index (χ4v) is 2.52. The molecule has 0 spiro atoms. The van der Waals surface area contributed by atoms with Crippen molar-refractivity contribution in [3.63, 3.8) is 0 Å². The van der Waals surface area contributed by atoms with Crippen LogP contribution in [0.3, 0.4) is 0 Å². The fraction of sp³-hybridized carbons (Fsp3) is 0.588. The molecule has 1 saturated carbocycles. The highest BCUT2D eigenvalue weighted by Gasteiger charge is 2.22. The highest BCUT2D eigenvalue weighted by molar-refractivity contribution is 5.76. The first-order chi connectivity index (χ1) is 10.8. The molecule has 120 valence electrons. The molecule has 1 amide bonds. The number of hydrogen-bond acceptors (Lipinski definition) is 4. The van der Waals surface area contributed by atoms with E-state index in [-0.39, 0.29) is 11.9 Å². The number of para-hydroxylation sites is 1. The normalized spacial score (nSPS) is 21.4. The number of benzene rings is 1. The summed E-state index contributed by atoms with van der Waals surface area (Å²) in [6.45, 7) is 3.44. The number of nitrogens with one attached hydrogen (secondary N) is 2. The Hall–Kier alpha value is -1.59. The van der Waals surface area contributed by atoms with Gasteiger partial charge in [-0.1, -0.05) is 18.2 Å². The number of hydrogen-bond donors (Lipinski definition) is 2. The van der Waals surface area contributed by atoms with Gasteiger partial charge in [0.1, 0.15) is 5.75 Å². The van der Waals surface area contributed by atoms with E-state index in [0.29, 0.717) is 19.6 Å². The Morgan fingerprint density at radius 1 is 1.36 bits per heavy atom. The molecule has 2 fully saturated rings. The molecule has 0 aromatic heterocycles. The summed E-state index contributed by atoms with van der Waals surface area (Å²) >= 11 is 0. The van der Waals surface area contributed by atoms with Gasteiger partial charge in [0.2, 0.25) is 5.91 Å². The van der Waals surface area contributed by atoms with Crippen LogP contribution in [0.25, 0.3) is 0 Å². The average Bonchev–Trinajstić information content (AvgIpc) is 3.37. The van der Waals surface area contributed by atoms with Gasteiger partial charge >= 0.3 is 0 Å². The van der Waals surface area contributed by atoms with Gasteiger partial charge in [-0.2, -0.15) is 0 Å². The first-order valence-corrected chi connectivity index (χ1v) is 8.10. The molecule has 22 heavy (non-hydrogen) atoms. The number of morpholine rings is 1. The maximum Gasteiger partial charge on any atom is 0.221 e. The maximum atomic E-state index is 12.0. The number of carbonyl (C=O) groups is 1. The Bertz CT molecular complexity index is 496. The van der Waals surface area contributed by atoms with Crippen LogP contribution in [0.15, 0.2) is 24.3 Å². The van der Waals surface area contributed by atoms with E-state index in [1.165, 1.54) is 12.8 Å². The van der Waals surface area contributed by atoms with E-state index < -0.39 is 0 Å². The number of carbonyl (C=O) groups excluding carboxylic acids is 1.